The quantitative estimate of drug-likeness (QED) is 0.105. The molecule has 0 aliphatic carbocycles. The van der Waals surface area contributed by atoms with Crippen LogP contribution in [0.25, 0.3) is 0 Å². The second kappa shape index (κ2) is 34.1. The summed E-state index contributed by atoms with van der Waals surface area (Å²) in [5, 5.41) is 0. The predicted octanol–water partition coefficient (Wildman–Crippen LogP) is 17.4. The van der Waals surface area contributed by atoms with Crippen molar-refractivity contribution in [1.29, 1.82) is 0 Å². The van der Waals surface area contributed by atoms with E-state index >= 15 is 0 Å². The van der Waals surface area contributed by atoms with Gasteiger partial charge in [-0.1, -0.05) is 208 Å². The summed E-state index contributed by atoms with van der Waals surface area (Å²) in [5.41, 5.74) is 4.71. The summed E-state index contributed by atoms with van der Waals surface area (Å²) in [6.45, 7) is 20.3. The molecular formula is C66H72F3O6P3S3. The van der Waals surface area contributed by atoms with Crippen LogP contribution < -0.4 is 14.7 Å². The third-order valence-electron chi connectivity index (χ3n) is 11.7. The van der Waals surface area contributed by atoms with Crippen LogP contribution in [0.1, 0.15) is 79.0 Å². The van der Waals surface area contributed by atoms with Gasteiger partial charge >= 0.3 is 0 Å². The lowest BCUT2D eigenvalue weighted by molar-refractivity contribution is -0.175. The first-order valence-electron chi connectivity index (χ1n) is 25.8. The van der Waals surface area contributed by atoms with Crippen LogP contribution in [0.3, 0.4) is 0 Å². The van der Waals surface area contributed by atoms with Crippen molar-refractivity contribution in [1.82, 2.24) is 0 Å². The molecule has 0 aromatic heterocycles. The lowest BCUT2D eigenvalue weighted by Gasteiger charge is -2.19. The molecule has 0 aliphatic heterocycles. The van der Waals surface area contributed by atoms with Gasteiger partial charge in [0.05, 0.1) is 32.7 Å². The summed E-state index contributed by atoms with van der Waals surface area (Å²) in [4.78, 5) is 37.5. The van der Waals surface area contributed by atoms with Crippen molar-refractivity contribution >= 4 is 57.7 Å². The summed E-state index contributed by atoms with van der Waals surface area (Å²) in [5.74, 6) is 0. The SMILES string of the molecule is CC(C)(C)c1ccc([S+](c2ccccc2)c2ccccc2)cc1.CC(C)(C)c1ccc([S+](c2ccccc2)c2ccccc2)cc1.CC(C)(C)c1ccc([S+](c2ccccc2)c2ccccc2)cc1.O=[PH]([O-])F.O=[PH]([O-])F.O=[PH]([O-])F. The lowest BCUT2D eigenvalue weighted by Crippen LogP contribution is -2.11. The van der Waals surface area contributed by atoms with Crippen molar-refractivity contribution in [3.63, 3.8) is 0 Å². The molecule has 81 heavy (non-hydrogen) atoms. The van der Waals surface area contributed by atoms with E-state index in [4.69, 9.17) is 28.4 Å². The zero-order valence-electron chi connectivity index (χ0n) is 47.1. The van der Waals surface area contributed by atoms with Crippen molar-refractivity contribution in [2.45, 2.75) is 123 Å². The predicted molar refractivity (Wildman–Crippen MR) is 331 cm³/mol. The van der Waals surface area contributed by atoms with Crippen LogP contribution in [0.4, 0.5) is 12.6 Å². The van der Waals surface area contributed by atoms with Crippen LogP contribution in [0.15, 0.2) is 299 Å². The molecule has 0 bridgehead atoms. The van der Waals surface area contributed by atoms with E-state index in [1.54, 1.807) is 0 Å². The van der Waals surface area contributed by atoms with E-state index in [0.29, 0.717) is 0 Å². The van der Waals surface area contributed by atoms with Crippen molar-refractivity contribution in [2.24, 2.45) is 0 Å². The van der Waals surface area contributed by atoms with Gasteiger partial charge in [-0.05, 0) is 142 Å². The Kier molecular flexibility index (Phi) is 28.6. The molecule has 0 heterocycles. The maximum atomic E-state index is 9.99. The number of hydrogen-bond donors (Lipinski definition) is 0. The molecule has 426 valence electrons. The smallest absolute Gasteiger partial charge is 0.169 e. The van der Waals surface area contributed by atoms with Gasteiger partial charge in [0, 0.05) is 0 Å². The molecule has 0 amide bonds. The Bertz CT molecular complexity index is 2760. The van der Waals surface area contributed by atoms with Gasteiger partial charge in [0.2, 0.25) is 0 Å². The number of benzene rings is 9. The molecule has 9 aromatic carbocycles. The fourth-order valence-electron chi connectivity index (χ4n) is 7.84. The molecule has 9 aromatic rings. The van der Waals surface area contributed by atoms with Crippen LogP contribution in [0.2, 0.25) is 0 Å². The first-order chi connectivity index (χ1) is 38.4. The first-order valence-corrected chi connectivity index (χ1v) is 33.1. The summed E-state index contributed by atoms with van der Waals surface area (Å²) < 4.78 is 55.2. The molecule has 6 nitrogen and oxygen atoms in total. The van der Waals surface area contributed by atoms with Gasteiger partial charge in [-0.3, -0.25) is 0 Å². The van der Waals surface area contributed by atoms with Crippen LogP contribution in [0, 0.1) is 0 Å². The van der Waals surface area contributed by atoms with Crippen LogP contribution in [-0.4, -0.2) is 0 Å². The number of rotatable bonds is 9. The Morgan fingerprint density at radius 1 is 0.247 bits per heavy atom. The van der Waals surface area contributed by atoms with E-state index in [9.17, 15) is 12.6 Å². The summed E-state index contributed by atoms with van der Waals surface area (Å²) in [6, 6.07) is 92.2. The van der Waals surface area contributed by atoms with Crippen molar-refractivity contribution in [2.75, 3.05) is 0 Å². The Morgan fingerprint density at radius 2 is 0.358 bits per heavy atom. The highest BCUT2D eigenvalue weighted by molar-refractivity contribution is 7.97. The highest BCUT2D eigenvalue weighted by Gasteiger charge is 2.31. The van der Waals surface area contributed by atoms with E-state index in [2.05, 4.69) is 317 Å². The van der Waals surface area contributed by atoms with Crippen molar-refractivity contribution in [3.05, 3.63) is 271 Å². The Morgan fingerprint density at radius 3 is 0.469 bits per heavy atom. The van der Waals surface area contributed by atoms with Gasteiger partial charge in [0.15, 0.2) is 69.1 Å². The van der Waals surface area contributed by atoms with Gasteiger partial charge in [0.1, 0.15) is 0 Å². The maximum Gasteiger partial charge on any atom is 0.169 e. The van der Waals surface area contributed by atoms with Crippen LogP contribution >= 0.6 is 25.0 Å². The molecule has 0 N–H and O–H groups in total. The second-order valence-electron chi connectivity index (χ2n) is 20.8. The van der Waals surface area contributed by atoms with Crippen LogP contribution in [-0.2, 0) is 62.6 Å². The fourth-order valence-corrected chi connectivity index (χ4v) is 14.1. The second-order valence-corrected chi connectivity index (χ2v) is 28.3. The Hall–Kier alpha value is -5.61. The fraction of sp³-hybridized carbons (Fsp3) is 0.182. The largest absolute Gasteiger partial charge is 0.777 e. The molecule has 3 atom stereocenters. The zero-order valence-corrected chi connectivity index (χ0v) is 52.5. The molecule has 0 spiro atoms. The summed E-state index contributed by atoms with van der Waals surface area (Å²) in [6.07, 6.45) is 0. The topological polar surface area (TPSA) is 120 Å². The molecule has 3 unspecified atom stereocenters. The van der Waals surface area contributed by atoms with E-state index in [1.165, 1.54) is 60.7 Å². The molecule has 0 radical (unpaired) electrons. The highest BCUT2D eigenvalue weighted by Crippen LogP contribution is 2.36. The monoisotopic (exact) mass is 1210 g/mol. The van der Waals surface area contributed by atoms with Crippen molar-refractivity contribution < 1.29 is 41.0 Å². The zero-order chi connectivity index (χ0) is 59.6. The normalized spacial score (nSPS) is 12.2. The van der Waals surface area contributed by atoms with Gasteiger partial charge in [-0.15, -0.1) is 0 Å². The summed E-state index contributed by atoms with van der Waals surface area (Å²) >= 11 is 0. The minimum absolute atomic E-state index is 0.0497. The molecule has 0 saturated carbocycles. The molecule has 9 rings (SSSR count). The lowest BCUT2D eigenvalue weighted by atomic mass is 9.87. The third kappa shape index (κ3) is 24.4. The van der Waals surface area contributed by atoms with Gasteiger partial charge < -0.3 is 28.4 Å². The van der Waals surface area contributed by atoms with Crippen LogP contribution in [0.5, 0.6) is 0 Å². The van der Waals surface area contributed by atoms with E-state index < -0.39 is 25.0 Å². The maximum absolute atomic E-state index is 9.99. The van der Waals surface area contributed by atoms with E-state index in [-0.39, 0.29) is 48.9 Å². The molecule has 15 heteroatoms. The Balaban J connectivity index is 0.000000237. The molecule has 0 aliphatic rings. The van der Waals surface area contributed by atoms with E-state index in [1.807, 2.05) is 0 Å². The van der Waals surface area contributed by atoms with Gasteiger partial charge in [0.25, 0.3) is 0 Å². The minimum Gasteiger partial charge on any atom is -0.777 e. The summed E-state index contributed by atoms with van der Waals surface area (Å²) in [7, 11) is -11.8. The third-order valence-corrected chi connectivity index (χ3v) is 18.4. The van der Waals surface area contributed by atoms with Gasteiger partial charge in [-0.2, -0.15) is 0 Å². The van der Waals surface area contributed by atoms with E-state index in [0.717, 1.165) is 0 Å². The minimum atomic E-state index is -3.88. The average Bonchev–Trinajstić information content (AvgIpc) is 3.44. The molecule has 0 fully saturated rings. The number of hydrogen-bond acceptors (Lipinski definition) is 6. The van der Waals surface area contributed by atoms with Crippen molar-refractivity contribution in [3.8, 4) is 0 Å². The number of halogens is 3. The molecular weight excluding hydrogens is 1130 g/mol. The Labute approximate surface area is 489 Å². The molecule has 0 saturated heterocycles. The standard InChI is InChI=1S/3C22H23S.3FH2O2P/c3*1-22(2,3)18-14-16-21(17-15-18)23(19-10-6-4-7-11-19)20-12-8-5-9-13-20;3*1-4(2)3/h3*4-17H,1-3H3;3*4H,(H,2,3)/q3*+1;;;/p-3. The van der Waals surface area contributed by atoms with Gasteiger partial charge in [-0.25, -0.2) is 12.6 Å². The average molecular weight is 1210 g/mol. The first kappa shape index (κ1) is 67.9. The highest BCUT2D eigenvalue weighted by atomic mass is 32.2.